The number of nitrogens with one attached hydrogen (secondary N) is 1. The van der Waals surface area contributed by atoms with Gasteiger partial charge in [-0.05, 0) is 50.1 Å². The molecule has 1 aromatic carbocycles. The van der Waals surface area contributed by atoms with Crippen molar-refractivity contribution in [2.24, 2.45) is 0 Å². The highest BCUT2D eigenvalue weighted by Gasteiger charge is 2.08. The average molecular weight is 388 g/mol. The van der Waals surface area contributed by atoms with Crippen molar-refractivity contribution in [3.8, 4) is 6.07 Å². The van der Waals surface area contributed by atoms with Crippen LogP contribution in [0.5, 0.6) is 0 Å². The fraction of sp³-hybridized carbons (Fsp3) is 0. The van der Waals surface area contributed by atoms with E-state index >= 15 is 0 Å². The first-order valence-corrected chi connectivity index (χ1v) is 6.71. The van der Waals surface area contributed by atoms with Crippen LogP contribution in [0.25, 0.3) is 0 Å². The van der Waals surface area contributed by atoms with Crippen molar-refractivity contribution in [3.63, 3.8) is 0 Å². The first-order chi connectivity index (χ1) is 8.61. The Morgan fingerprint density at radius 1 is 1.28 bits per heavy atom. The Labute approximate surface area is 125 Å². The Morgan fingerprint density at radius 3 is 2.72 bits per heavy atom. The molecule has 0 aliphatic heterocycles. The second kappa shape index (κ2) is 5.65. The molecule has 0 saturated carbocycles. The molecule has 2 rings (SSSR count). The molecule has 18 heavy (non-hydrogen) atoms. The van der Waals surface area contributed by atoms with E-state index in [9.17, 15) is 0 Å². The maximum atomic E-state index is 8.79. The molecule has 2 aromatic rings. The third kappa shape index (κ3) is 2.80. The number of hydrogen-bond donors (Lipinski definition) is 1. The lowest BCUT2D eigenvalue weighted by atomic mass is 10.2. The second-order valence-corrected chi connectivity index (χ2v) is 5.26. The van der Waals surface area contributed by atoms with Crippen molar-refractivity contribution in [1.82, 2.24) is 9.97 Å². The molecule has 4 nitrogen and oxygen atoms in total. The molecule has 0 aliphatic carbocycles. The number of aromatic nitrogens is 2. The molecule has 1 heterocycles. The number of nitrogens with zero attached hydrogens (tertiary/aromatic N) is 3. The zero-order valence-corrected chi connectivity index (χ0v) is 12.7. The molecular formula is C11H5Br2ClN4. The van der Waals surface area contributed by atoms with E-state index < -0.39 is 0 Å². The van der Waals surface area contributed by atoms with Gasteiger partial charge in [0.05, 0.1) is 21.8 Å². The van der Waals surface area contributed by atoms with Gasteiger partial charge in [-0.25, -0.2) is 9.97 Å². The molecule has 0 saturated heterocycles. The Balaban J connectivity index is 2.35. The predicted octanol–water partition coefficient (Wildman–Crippen LogP) is 4.27. The molecule has 0 unspecified atom stereocenters. The molecule has 7 heteroatoms. The monoisotopic (exact) mass is 386 g/mol. The number of benzene rings is 1. The molecule has 0 aliphatic rings. The first kappa shape index (κ1) is 13.3. The van der Waals surface area contributed by atoms with Crippen LogP contribution in [-0.4, -0.2) is 9.97 Å². The Morgan fingerprint density at radius 2 is 2.06 bits per heavy atom. The molecule has 90 valence electrons. The zero-order valence-electron chi connectivity index (χ0n) is 8.78. The van der Waals surface area contributed by atoms with Gasteiger partial charge in [0.2, 0.25) is 0 Å². The highest BCUT2D eigenvalue weighted by molar-refractivity contribution is 9.11. The van der Waals surface area contributed by atoms with Gasteiger partial charge in [0.1, 0.15) is 17.3 Å². The largest absolute Gasteiger partial charge is 0.338 e. The van der Waals surface area contributed by atoms with Crippen LogP contribution in [0.15, 0.2) is 33.5 Å². The Hall–Kier alpha value is -1.16. The average Bonchev–Trinajstić information content (AvgIpc) is 2.37. The van der Waals surface area contributed by atoms with E-state index in [1.54, 1.807) is 18.2 Å². The third-order valence-electron chi connectivity index (χ3n) is 2.10. The van der Waals surface area contributed by atoms with Crippen molar-refractivity contribution in [1.29, 1.82) is 5.26 Å². The van der Waals surface area contributed by atoms with Gasteiger partial charge in [0.15, 0.2) is 0 Å². The molecule has 0 atom stereocenters. The number of nitriles is 1. The van der Waals surface area contributed by atoms with Crippen LogP contribution in [0.3, 0.4) is 0 Å². The van der Waals surface area contributed by atoms with Crippen LogP contribution >= 0.6 is 43.5 Å². The summed E-state index contributed by atoms with van der Waals surface area (Å²) in [6.45, 7) is 0. The first-order valence-electron chi connectivity index (χ1n) is 4.74. The van der Waals surface area contributed by atoms with Crippen LogP contribution in [0.4, 0.5) is 11.5 Å². The summed E-state index contributed by atoms with van der Waals surface area (Å²) in [5, 5.41) is 12.2. The maximum absolute atomic E-state index is 8.79. The van der Waals surface area contributed by atoms with Gasteiger partial charge in [-0.1, -0.05) is 11.6 Å². The third-order valence-corrected chi connectivity index (χ3v) is 4.02. The number of anilines is 2. The van der Waals surface area contributed by atoms with Crippen LogP contribution in [0.2, 0.25) is 5.15 Å². The minimum atomic E-state index is 0.331. The van der Waals surface area contributed by atoms with Crippen LogP contribution in [-0.2, 0) is 0 Å². The van der Waals surface area contributed by atoms with Crippen molar-refractivity contribution in [3.05, 3.63) is 44.2 Å². The molecule has 0 amide bonds. The minimum Gasteiger partial charge on any atom is -0.338 e. The van der Waals surface area contributed by atoms with Crippen LogP contribution in [0, 0.1) is 11.3 Å². The molecule has 0 spiro atoms. The summed E-state index contributed by atoms with van der Waals surface area (Å²) in [5.74, 6) is 0.556. The van der Waals surface area contributed by atoms with Crippen molar-refractivity contribution < 1.29 is 0 Å². The zero-order chi connectivity index (χ0) is 13.1. The Kier molecular flexibility index (Phi) is 4.17. The Bertz CT molecular complexity index is 639. The summed E-state index contributed by atoms with van der Waals surface area (Å²) in [4.78, 5) is 7.92. The standard InChI is InChI=1S/C11H5Br2ClN4/c12-7-3-6(4-15)1-2-8(7)18-11-9(13)10(14)16-5-17-11/h1-3,5H,(H,16,17,18). The lowest BCUT2D eigenvalue weighted by Gasteiger charge is -2.09. The van der Waals surface area contributed by atoms with Gasteiger partial charge < -0.3 is 5.32 Å². The van der Waals surface area contributed by atoms with Gasteiger partial charge in [0.25, 0.3) is 0 Å². The van der Waals surface area contributed by atoms with Crippen molar-refractivity contribution >= 4 is 55.0 Å². The molecular weight excluding hydrogens is 383 g/mol. The van der Waals surface area contributed by atoms with Gasteiger partial charge in [0, 0.05) is 4.47 Å². The van der Waals surface area contributed by atoms with E-state index in [1.165, 1.54) is 6.33 Å². The van der Waals surface area contributed by atoms with E-state index in [2.05, 4.69) is 53.2 Å². The summed E-state index contributed by atoms with van der Waals surface area (Å²) in [5.41, 5.74) is 1.36. The maximum Gasteiger partial charge on any atom is 0.149 e. The van der Waals surface area contributed by atoms with E-state index in [0.29, 0.717) is 21.0 Å². The molecule has 0 bridgehead atoms. The lowest BCUT2D eigenvalue weighted by molar-refractivity contribution is 1.15. The quantitative estimate of drug-likeness (QED) is 0.781. The molecule has 0 fully saturated rings. The molecule has 1 N–H and O–H groups in total. The molecule has 1 aromatic heterocycles. The fourth-order valence-electron chi connectivity index (χ4n) is 1.25. The summed E-state index contributed by atoms with van der Waals surface area (Å²) in [6, 6.07) is 7.28. The van der Waals surface area contributed by atoms with Crippen molar-refractivity contribution in [2.45, 2.75) is 0 Å². The SMILES string of the molecule is N#Cc1ccc(Nc2ncnc(Cl)c2Br)c(Br)c1. The smallest absolute Gasteiger partial charge is 0.149 e. The molecule has 0 radical (unpaired) electrons. The van der Waals surface area contributed by atoms with Crippen LogP contribution < -0.4 is 5.32 Å². The van der Waals surface area contributed by atoms with E-state index in [1.807, 2.05) is 0 Å². The number of halogens is 3. The topological polar surface area (TPSA) is 61.6 Å². The number of hydrogen-bond acceptors (Lipinski definition) is 4. The second-order valence-electron chi connectivity index (χ2n) is 3.26. The minimum absolute atomic E-state index is 0.331. The summed E-state index contributed by atoms with van der Waals surface area (Å²) in [6.07, 6.45) is 1.37. The fourth-order valence-corrected chi connectivity index (χ4v) is 2.16. The van der Waals surface area contributed by atoms with Crippen molar-refractivity contribution in [2.75, 3.05) is 5.32 Å². The van der Waals surface area contributed by atoms with Gasteiger partial charge in [-0.2, -0.15) is 5.26 Å². The lowest BCUT2D eigenvalue weighted by Crippen LogP contribution is -1.97. The summed E-state index contributed by atoms with van der Waals surface area (Å²) < 4.78 is 1.35. The van der Waals surface area contributed by atoms with Gasteiger partial charge >= 0.3 is 0 Å². The highest BCUT2D eigenvalue weighted by atomic mass is 79.9. The van der Waals surface area contributed by atoms with Gasteiger partial charge in [-0.15, -0.1) is 0 Å². The van der Waals surface area contributed by atoms with Gasteiger partial charge in [-0.3, -0.25) is 0 Å². The van der Waals surface area contributed by atoms with E-state index in [-0.39, 0.29) is 0 Å². The summed E-state index contributed by atoms with van der Waals surface area (Å²) in [7, 11) is 0. The highest BCUT2D eigenvalue weighted by Crippen LogP contribution is 2.31. The van der Waals surface area contributed by atoms with E-state index in [0.717, 1.165) is 10.2 Å². The normalized spacial score (nSPS) is 9.89. The predicted molar refractivity (Wildman–Crippen MR) is 76.9 cm³/mol. The van der Waals surface area contributed by atoms with Crippen LogP contribution in [0.1, 0.15) is 5.56 Å². The summed E-state index contributed by atoms with van der Waals surface area (Å²) >= 11 is 12.6. The number of rotatable bonds is 2. The van der Waals surface area contributed by atoms with E-state index in [4.69, 9.17) is 16.9 Å².